The largest absolute Gasteiger partial charge is 0.497 e. The fourth-order valence-electron chi connectivity index (χ4n) is 2.31. The third-order valence-corrected chi connectivity index (χ3v) is 3.57. The summed E-state index contributed by atoms with van der Waals surface area (Å²) in [6.07, 6.45) is 1.83. The first kappa shape index (κ1) is 14.1. The van der Waals surface area contributed by atoms with Gasteiger partial charge in [0.2, 0.25) is 0 Å². The van der Waals surface area contributed by atoms with E-state index < -0.39 is 0 Å². The molecule has 110 valence electrons. The highest BCUT2D eigenvalue weighted by molar-refractivity contribution is 5.70. The van der Waals surface area contributed by atoms with Crippen molar-refractivity contribution in [2.24, 2.45) is 0 Å². The second-order valence-corrected chi connectivity index (χ2v) is 4.89. The molecule has 0 aliphatic carbocycles. The summed E-state index contributed by atoms with van der Waals surface area (Å²) in [6, 6.07) is 20.0. The smallest absolute Gasteiger partial charge is 0.118 e. The van der Waals surface area contributed by atoms with Gasteiger partial charge in [-0.05, 0) is 59.7 Å². The van der Waals surface area contributed by atoms with Crippen molar-refractivity contribution in [1.82, 2.24) is 4.98 Å². The average Bonchev–Trinajstić information content (AvgIpc) is 2.62. The zero-order valence-corrected chi connectivity index (χ0v) is 12.6. The fraction of sp³-hybridized carbons (Fsp3) is 0.105. The molecular weight excluding hydrogens is 274 g/mol. The number of pyridine rings is 1. The fourth-order valence-corrected chi connectivity index (χ4v) is 2.31. The summed E-state index contributed by atoms with van der Waals surface area (Å²) in [5, 5.41) is 0. The molecular formula is C19H17NO2. The molecule has 0 bridgehead atoms. The predicted molar refractivity (Wildman–Crippen MR) is 88.2 cm³/mol. The highest BCUT2D eigenvalue weighted by Crippen LogP contribution is 2.27. The quantitative estimate of drug-likeness (QED) is 0.712. The van der Waals surface area contributed by atoms with E-state index in [-0.39, 0.29) is 0 Å². The van der Waals surface area contributed by atoms with Crippen LogP contribution in [0.5, 0.6) is 11.5 Å². The predicted octanol–water partition coefficient (Wildman–Crippen LogP) is 4.43. The highest BCUT2D eigenvalue weighted by atomic mass is 16.5. The van der Waals surface area contributed by atoms with E-state index in [1.165, 1.54) is 0 Å². The first-order chi connectivity index (χ1) is 10.8. The lowest BCUT2D eigenvalue weighted by molar-refractivity contribution is 0.415. The van der Waals surface area contributed by atoms with Gasteiger partial charge in [-0.25, -0.2) is 0 Å². The van der Waals surface area contributed by atoms with Gasteiger partial charge in [0.25, 0.3) is 0 Å². The van der Waals surface area contributed by atoms with E-state index in [2.05, 4.69) is 11.1 Å². The van der Waals surface area contributed by atoms with Gasteiger partial charge in [-0.1, -0.05) is 12.1 Å². The maximum absolute atomic E-state index is 5.20. The average molecular weight is 291 g/mol. The molecule has 0 unspecified atom stereocenters. The monoisotopic (exact) mass is 291 g/mol. The summed E-state index contributed by atoms with van der Waals surface area (Å²) in [5.74, 6) is 1.70. The molecule has 0 spiro atoms. The Morgan fingerprint density at radius 3 is 1.73 bits per heavy atom. The Hall–Kier alpha value is -2.81. The van der Waals surface area contributed by atoms with E-state index in [1.807, 2.05) is 60.8 Å². The summed E-state index contributed by atoms with van der Waals surface area (Å²) in [6.45, 7) is 0. The van der Waals surface area contributed by atoms with E-state index >= 15 is 0 Å². The third-order valence-electron chi connectivity index (χ3n) is 3.57. The molecule has 0 amide bonds. The van der Waals surface area contributed by atoms with Gasteiger partial charge in [0, 0.05) is 11.8 Å². The van der Waals surface area contributed by atoms with Crippen LogP contribution in [0.1, 0.15) is 0 Å². The van der Waals surface area contributed by atoms with Crippen LogP contribution in [0.25, 0.3) is 22.4 Å². The molecule has 3 rings (SSSR count). The van der Waals surface area contributed by atoms with Crippen molar-refractivity contribution in [3.8, 4) is 33.9 Å². The minimum Gasteiger partial charge on any atom is -0.497 e. The van der Waals surface area contributed by atoms with Gasteiger partial charge in [-0.2, -0.15) is 0 Å². The number of rotatable bonds is 4. The summed E-state index contributed by atoms with van der Waals surface area (Å²) in [4.78, 5) is 4.46. The Morgan fingerprint density at radius 1 is 0.636 bits per heavy atom. The summed E-state index contributed by atoms with van der Waals surface area (Å²) in [7, 11) is 3.33. The maximum atomic E-state index is 5.20. The van der Waals surface area contributed by atoms with Gasteiger partial charge in [0.1, 0.15) is 11.5 Å². The minimum atomic E-state index is 0.843. The van der Waals surface area contributed by atoms with Crippen molar-refractivity contribution in [3.63, 3.8) is 0 Å². The van der Waals surface area contributed by atoms with Gasteiger partial charge in [-0.15, -0.1) is 0 Å². The van der Waals surface area contributed by atoms with Crippen LogP contribution in [0.3, 0.4) is 0 Å². The number of hydrogen-bond acceptors (Lipinski definition) is 3. The van der Waals surface area contributed by atoms with E-state index in [4.69, 9.17) is 9.47 Å². The number of hydrogen-bond donors (Lipinski definition) is 0. The molecule has 0 N–H and O–H groups in total. The molecule has 22 heavy (non-hydrogen) atoms. The van der Waals surface area contributed by atoms with Gasteiger partial charge >= 0.3 is 0 Å². The molecule has 0 saturated heterocycles. The number of aromatic nitrogens is 1. The van der Waals surface area contributed by atoms with Gasteiger partial charge in [-0.3, -0.25) is 4.98 Å². The number of benzene rings is 2. The SMILES string of the molecule is COc1ccc(-c2ccnc(-c3ccc(OC)cc3)c2)cc1. The summed E-state index contributed by atoms with van der Waals surface area (Å²) >= 11 is 0. The molecule has 0 aliphatic rings. The normalized spacial score (nSPS) is 10.3. The Labute approximate surface area is 130 Å². The molecule has 0 atom stereocenters. The van der Waals surface area contributed by atoms with Crippen LogP contribution < -0.4 is 9.47 Å². The van der Waals surface area contributed by atoms with Crippen molar-refractivity contribution in [3.05, 3.63) is 66.9 Å². The number of methoxy groups -OCH3 is 2. The van der Waals surface area contributed by atoms with Gasteiger partial charge < -0.3 is 9.47 Å². The molecule has 0 radical (unpaired) electrons. The second kappa shape index (κ2) is 6.31. The van der Waals surface area contributed by atoms with Crippen LogP contribution in [0, 0.1) is 0 Å². The van der Waals surface area contributed by atoms with E-state index in [0.717, 1.165) is 33.9 Å². The van der Waals surface area contributed by atoms with E-state index in [0.29, 0.717) is 0 Å². The summed E-state index contributed by atoms with van der Waals surface area (Å²) < 4.78 is 10.4. The van der Waals surface area contributed by atoms with Crippen molar-refractivity contribution >= 4 is 0 Å². The molecule has 0 saturated carbocycles. The lowest BCUT2D eigenvalue weighted by Gasteiger charge is -2.07. The van der Waals surface area contributed by atoms with Crippen molar-refractivity contribution in [2.45, 2.75) is 0 Å². The minimum absolute atomic E-state index is 0.843. The molecule has 1 heterocycles. The lowest BCUT2D eigenvalue weighted by atomic mass is 10.0. The van der Waals surface area contributed by atoms with Crippen LogP contribution >= 0.6 is 0 Å². The summed E-state index contributed by atoms with van der Waals surface area (Å²) in [5.41, 5.74) is 4.27. The Kier molecular flexibility index (Phi) is 4.05. The van der Waals surface area contributed by atoms with Crippen LogP contribution in [-0.2, 0) is 0 Å². The molecule has 0 fully saturated rings. The molecule has 3 nitrogen and oxygen atoms in total. The second-order valence-electron chi connectivity index (χ2n) is 4.89. The zero-order valence-electron chi connectivity index (χ0n) is 12.6. The third kappa shape index (κ3) is 2.93. The number of nitrogens with zero attached hydrogens (tertiary/aromatic N) is 1. The van der Waals surface area contributed by atoms with E-state index in [9.17, 15) is 0 Å². The van der Waals surface area contributed by atoms with Gasteiger partial charge in [0.05, 0.1) is 19.9 Å². The molecule has 3 aromatic rings. The van der Waals surface area contributed by atoms with Crippen LogP contribution in [0.4, 0.5) is 0 Å². The Morgan fingerprint density at radius 2 is 1.18 bits per heavy atom. The molecule has 3 heteroatoms. The van der Waals surface area contributed by atoms with Crippen LogP contribution in [-0.4, -0.2) is 19.2 Å². The maximum Gasteiger partial charge on any atom is 0.118 e. The van der Waals surface area contributed by atoms with Crippen molar-refractivity contribution in [2.75, 3.05) is 14.2 Å². The Bertz CT molecular complexity index is 686. The lowest BCUT2D eigenvalue weighted by Crippen LogP contribution is -1.87. The van der Waals surface area contributed by atoms with Crippen LogP contribution in [0.15, 0.2) is 66.9 Å². The first-order valence-corrected chi connectivity index (χ1v) is 7.05. The van der Waals surface area contributed by atoms with Crippen molar-refractivity contribution in [1.29, 1.82) is 0 Å². The zero-order chi connectivity index (χ0) is 15.4. The topological polar surface area (TPSA) is 31.4 Å². The van der Waals surface area contributed by atoms with Gasteiger partial charge in [0.15, 0.2) is 0 Å². The van der Waals surface area contributed by atoms with E-state index in [1.54, 1.807) is 14.2 Å². The standard InChI is InChI=1S/C19H17NO2/c1-21-17-7-3-14(4-8-17)16-11-12-20-19(13-16)15-5-9-18(22-2)10-6-15/h3-13H,1-2H3. The molecule has 1 aromatic heterocycles. The Balaban J connectivity index is 1.93. The highest BCUT2D eigenvalue weighted by Gasteiger charge is 2.04. The molecule has 0 aliphatic heterocycles. The number of ether oxygens (including phenoxy) is 2. The van der Waals surface area contributed by atoms with Crippen molar-refractivity contribution < 1.29 is 9.47 Å². The van der Waals surface area contributed by atoms with Crippen LogP contribution in [0.2, 0.25) is 0 Å². The molecule has 2 aromatic carbocycles. The first-order valence-electron chi connectivity index (χ1n) is 7.05.